The third-order valence-electron chi connectivity index (χ3n) is 4.48. The van der Waals surface area contributed by atoms with Crippen molar-refractivity contribution < 1.29 is 21.9 Å². The van der Waals surface area contributed by atoms with Gasteiger partial charge in [-0.2, -0.15) is 4.31 Å². The average molecular weight is 397 g/mol. The fourth-order valence-electron chi connectivity index (χ4n) is 2.94. The summed E-state index contributed by atoms with van der Waals surface area (Å²) in [5.74, 6) is 0. The Morgan fingerprint density at radius 1 is 0.962 bits per heavy atom. The van der Waals surface area contributed by atoms with Crippen molar-refractivity contribution in [2.24, 2.45) is 5.14 Å². The van der Waals surface area contributed by atoms with Gasteiger partial charge in [0.2, 0.25) is 20.0 Å². The van der Waals surface area contributed by atoms with Crippen LogP contribution >= 0.6 is 0 Å². The highest BCUT2D eigenvalue weighted by atomic mass is 32.2. The summed E-state index contributed by atoms with van der Waals surface area (Å²) in [4.78, 5) is 3.99. The monoisotopic (exact) mass is 397 g/mol. The lowest BCUT2D eigenvalue weighted by molar-refractivity contribution is -0.0134. The highest BCUT2D eigenvalue weighted by Crippen LogP contribution is 2.33. The molecule has 8 nitrogen and oxygen atoms in total. The van der Waals surface area contributed by atoms with E-state index in [1.54, 1.807) is 24.4 Å². The van der Waals surface area contributed by atoms with Crippen molar-refractivity contribution in [3.63, 3.8) is 0 Å². The van der Waals surface area contributed by atoms with E-state index in [1.807, 2.05) is 0 Å². The third-order valence-corrected chi connectivity index (χ3v) is 7.32. The number of nitrogens with zero attached hydrogens (tertiary/aromatic N) is 2. The van der Waals surface area contributed by atoms with Gasteiger partial charge in [0.1, 0.15) is 5.60 Å². The van der Waals surface area contributed by atoms with Crippen LogP contribution in [0.4, 0.5) is 0 Å². The van der Waals surface area contributed by atoms with Crippen molar-refractivity contribution in [1.82, 2.24) is 9.29 Å². The summed E-state index contributed by atoms with van der Waals surface area (Å²) in [6.45, 7) is 0.263. The van der Waals surface area contributed by atoms with Crippen LogP contribution < -0.4 is 5.14 Å². The Bertz CT molecular complexity index is 982. The molecule has 1 aromatic heterocycles. The van der Waals surface area contributed by atoms with Gasteiger partial charge >= 0.3 is 0 Å². The first kappa shape index (κ1) is 18.9. The van der Waals surface area contributed by atoms with E-state index in [2.05, 4.69) is 4.98 Å². The molecule has 26 heavy (non-hydrogen) atoms. The molecule has 1 saturated heterocycles. The standard InChI is InChI=1S/C16H19N3O5S2/c17-25(21,22)13-4-6-14(7-5-13)26(23,24)19-11-8-16(20,9-12-19)15-3-1-2-10-18-15/h1-7,10,20H,8-9,11-12H2,(H2,17,21,22). The average Bonchev–Trinajstić information content (AvgIpc) is 2.62. The molecule has 0 atom stereocenters. The van der Waals surface area contributed by atoms with Gasteiger partial charge in [-0.05, 0) is 49.2 Å². The van der Waals surface area contributed by atoms with E-state index in [-0.39, 0.29) is 35.7 Å². The molecule has 3 rings (SSSR count). The van der Waals surface area contributed by atoms with Crippen molar-refractivity contribution in [3.05, 3.63) is 54.4 Å². The topological polar surface area (TPSA) is 131 Å². The predicted molar refractivity (Wildman–Crippen MR) is 93.9 cm³/mol. The van der Waals surface area contributed by atoms with Crippen molar-refractivity contribution in [2.45, 2.75) is 28.2 Å². The Hall–Kier alpha value is -1.85. The molecule has 1 aliphatic heterocycles. The van der Waals surface area contributed by atoms with Gasteiger partial charge in [-0.1, -0.05) is 6.07 Å². The first-order valence-electron chi connectivity index (χ1n) is 7.90. The van der Waals surface area contributed by atoms with Gasteiger partial charge in [-0.25, -0.2) is 22.0 Å². The maximum absolute atomic E-state index is 12.7. The van der Waals surface area contributed by atoms with E-state index in [1.165, 1.54) is 16.4 Å². The number of piperidine rings is 1. The smallest absolute Gasteiger partial charge is 0.243 e. The maximum atomic E-state index is 12.7. The molecule has 0 saturated carbocycles. The van der Waals surface area contributed by atoms with Crippen LogP contribution in [0.3, 0.4) is 0 Å². The van der Waals surface area contributed by atoms with Crippen LogP contribution in [0.15, 0.2) is 58.5 Å². The summed E-state index contributed by atoms with van der Waals surface area (Å²) in [5, 5.41) is 15.8. The number of hydrogen-bond donors (Lipinski definition) is 2. The zero-order valence-corrected chi connectivity index (χ0v) is 15.4. The number of pyridine rings is 1. The summed E-state index contributed by atoms with van der Waals surface area (Å²) in [7, 11) is -7.67. The molecule has 0 radical (unpaired) electrons. The first-order chi connectivity index (χ1) is 12.1. The summed E-state index contributed by atoms with van der Waals surface area (Å²) >= 11 is 0. The lowest BCUT2D eigenvalue weighted by Gasteiger charge is -2.37. The molecular weight excluding hydrogens is 378 g/mol. The number of sulfonamides is 2. The second kappa shape index (κ2) is 6.71. The molecule has 3 N–H and O–H groups in total. The molecule has 2 aromatic rings. The lowest BCUT2D eigenvalue weighted by Crippen LogP contribution is -2.45. The largest absolute Gasteiger partial charge is 0.383 e. The Balaban J connectivity index is 1.78. The molecule has 0 unspecified atom stereocenters. The minimum Gasteiger partial charge on any atom is -0.383 e. The van der Waals surface area contributed by atoms with Crippen molar-refractivity contribution in [2.75, 3.05) is 13.1 Å². The molecule has 0 bridgehead atoms. The first-order valence-corrected chi connectivity index (χ1v) is 10.9. The Morgan fingerprint density at radius 2 is 1.54 bits per heavy atom. The molecule has 2 heterocycles. The van der Waals surface area contributed by atoms with E-state index in [0.29, 0.717) is 5.69 Å². The number of primary sulfonamides is 1. The predicted octanol–water partition coefficient (Wildman–Crippen LogP) is 0.401. The second-order valence-corrected chi connectivity index (χ2v) is 9.67. The van der Waals surface area contributed by atoms with E-state index in [9.17, 15) is 21.9 Å². The van der Waals surface area contributed by atoms with Crippen LogP contribution in [-0.2, 0) is 25.6 Å². The van der Waals surface area contributed by atoms with Gasteiger partial charge in [0.25, 0.3) is 0 Å². The number of rotatable bonds is 4. The quantitative estimate of drug-likeness (QED) is 0.768. The number of nitrogens with two attached hydrogens (primary N) is 1. The summed E-state index contributed by atoms with van der Waals surface area (Å²) in [6.07, 6.45) is 2.03. The lowest BCUT2D eigenvalue weighted by atomic mass is 9.89. The van der Waals surface area contributed by atoms with Gasteiger partial charge in [0.05, 0.1) is 15.5 Å². The van der Waals surface area contributed by atoms with Crippen molar-refractivity contribution in [1.29, 1.82) is 0 Å². The fourth-order valence-corrected chi connectivity index (χ4v) is 4.90. The second-order valence-electron chi connectivity index (χ2n) is 6.17. The van der Waals surface area contributed by atoms with Crippen molar-refractivity contribution >= 4 is 20.0 Å². The number of benzene rings is 1. The molecular formula is C16H19N3O5S2. The Kier molecular flexibility index (Phi) is 4.88. The van der Waals surface area contributed by atoms with E-state index < -0.39 is 25.6 Å². The van der Waals surface area contributed by atoms with Crippen LogP contribution in [-0.4, -0.2) is 44.3 Å². The Morgan fingerprint density at radius 3 is 2.04 bits per heavy atom. The van der Waals surface area contributed by atoms with E-state index >= 15 is 0 Å². The summed E-state index contributed by atoms with van der Waals surface area (Å²) in [5.41, 5.74) is -0.639. The van der Waals surface area contributed by atoms with Gasteiger partial charge < -0.3 is 5.11 Å². The minimum atomic E-state index is -3.88. The molecule has 10 heteroatoms. The van der Waals surface area contributed by atoms with Crippen molar-refractivity contribution in [3.8, 4) is 0 Å². The van der Waals surface area contributed by atoms with Gasteiger partial charge in [0, 0.05) is 19.3 Å². The van der Waals surface area contributed by atoms with Crippen LogP contribution in [0, 0.1) is 0 Å². The molecule has 0 aliphatic carbocycles. The number of hydrogen-bond acceptors (Lipinski definition) is 6. The van der Waals surface area contributed by atoms with E-state index in [0.717, 1.165) is 12.1 Å². The molecule has 0 spiro atoms. The van der Waals surface area contributed by atoms with Crippen LogP contribution in [0.25, 0.3) is 0 Å². The minimum absolute atomic E-state index is 0.0202. The molecule has 140 valence electrons. The normalized spacial score (nSPS) is 18.5. The zero-order chi connectivity index (χ0) is 19.0. The van der Waals surface area contributed by atoms with Gasteiger partial charge in [-0.3, -0.25) is 4.98 Å². The zero-order valence-electron chi connectivity index (χ0n) is 13.8. The summed E-state index contributed by atoms with van der Waals surface area (Å²) in [6, 6.07) is 10.0. The van der Waals surface area contributed by atoms with Gasteiger partial charge in [0.15, 0.2) is 0 Å². The molecule has 1 fully saturated rings. The number of aromatic nitrogens is 1. The van der Waals surface area contributed by atoms with Gasteiger partial charge in [-0.15, -0.1) is 0 Å². The molecule has 1 aliphatic rings. The summed E-state index contributed by atoms with van der Waals surface area (Å²) < 4.78 is 49.3. The molecule has 0 amide bonds. The van der Waals surface area contributed by atoms with Crippen LogP contribution in [0.1, 0.15) is 18.5 Å². The Labute approximate surface area is 152 Å². The molecule has 1 aromatic carbocycles. The number of aliphatic hydroxyl groups is 1. The van der Waals surface area contributed by atoms with Crippen LogP contribution in [0.2, 0.25) is 0 Å². The SMILES string of the molecule is NS(=O)(=O)c1ccc(S(=O)(=O)N2CCC(O)(c3ccccn3)CC2)cc1. The highest BCUT2D eigenvalue weighted by molar-refractivity contribution is 7.89. The highest BCUT2D eigenvalue weighted by Gasteiger charge is 2.39. The third kappa shape index (κ3) is 3.64. The van der Waals surface area contributed by atoms with Crippen LogP contribution in [0.5, 0.6) is 0 Å². The maximum Gasteiger partial charge on any atom is 0.243 e. The fraction of sp³-hybridized carbons (Fsp3) is 0.312. The van der Waals surface area contributed by atoms with E-state index in [4.69, 9.17) is 5.14 Å².